The molecule has 4 rings (SSSR count). The summed E-state index contributed by atoms with van der Waals surface area (Å²) >= 11 is 0. The molecule has 1 fully saturated rings. The Morgan fingerprint density at radius 1 is 1.08 bits per heavy atom. The Morgan fingerprint density at radius 3 is 2.69 bits per heavy atom. The van der Waals surface area contributed by atoms with Crippen LogP contribution in [0.3, 0.4) is 0 Å². The van der Waals surface area contributed by atoms with E-state index in [1.165, 1.54) is 29.5 Å². The van der Waals surface area contributed by atoms with Crippen LogP contribution in [0.5, 0.6) is 0 Å². The Bertz CT molecular complexity index is 774. The molecule has 1 aliphatic heterocycles. The van der Waals surface area contributed by atoms with Crippen molar-refractivity contribution in [3.63, 3.8) is 0 Å². The van der Waals surface area contributed by atoms with Crippen LogP contribution in [-0.4, -0.2) is 37.0 Å². The van der Waals surface area contributed by atoms with E-state index in [9.17, 15) is 4.79 Å². The van der Waals surface area contributed by atoms with Gasteiger partial charge in [-0.15, -0.1) is 0 Å². The Hall–Kier alpha value is -2.17. The number of carbonyl (C=O) groups excluding carboxylic acids is 1. The van der Waals surface area contributed by atoms with Crippen molar-refractivity contribution in [1.82, 2.24) is 4.90 Å². The number of benzene rings is 2. The number of fused-ring (bicyclic) bond motifs is 1. The van der Waals surface area contributed by atoms with Gasteiger partial charge in [0, 0.05) is 24.7 Å². The highest BCUT2D eigenvalue weighted by atomic mass is 16.2. The molecule has 2 atom stereocenters. The summed E-state index contributed by atoms with van der Waals surface area (Å²) in [6.07, 6.45) is 3.52. The molecule has 2 aromatic carbocycles. The van der Waals surface area contributed by atoms with Crippen LogP contribution in [0.15, 0.2) is 48.5 Å². The van der Waals surface area contributed by atoms with Crippen LogP contribution >= 0.6 is 0 Å². The zero-order valence-electron chi connectivity index (χ0n) is 15.2. The normalized spacial score (nSPS) is 22.3. The van der Waals surface area contributed by atoms with Crippen LogP contribution in [0.2, 0.25) is 0 Å². The van der Waals surface area contributed by atoms with Crippen LogP contribution in [0.4, 0.5) is 5.69 Å². The van der Waals surface area contributed by atoms with E-state index >= 15 is 0 Å². The molecular formula is C22H27N3O. The molecule has 1 amide bonds. The molecule has 26 heavy (non-hydrogen) atoms. The first-order valence-corrected chi connectivity index (χ1v) is 9.62. The van der Waals surface area contributed by atoms with Gasteiger partial charge >= 0.3 is 0 Å². The second-order valence-electron chi connectivity index (χ2n) is 7.59. The van der Waals surface area contributed by atoms with Crippen molar-refractivity contribution in [2.45, 2.75) is 25.2 Å². The van der Waals surface area contributed by atoms with Crippen molar-refractivity contribution in [3.05, 3.63) is 65.2 Å². The zero-order valence-corrected chi connectivity index (χ0v) is 15.2. The number of nitrogens with two attached hydrogens (primary N) is 1. The van der Waals surface area contributed by atoms with Gasteiger partial charge in [-0.25, -0.2) is 0 Å². The largest absolute Gasteiger partial charge is 0.330 e. The maximum atomic E-state index is 12.5. The second kappa shape index (κ2) is 7.60. The van der Waals surface area contributed by atoms with Crippen molar-refractivity contribution < 1.29 is 4.79 Å². The van der Waals surface area contributed by atoms with E-state index in [-0.39, 0.29) is 5.91 Å². The first-order chi connectivity index (χ1) is 12.7. The maximum absolute atomic E-state index is 12.5. The first kappa shape index (κ1) is 17.3. The van der Waals surface area contributed by atoms with Crippen molar-refractivity contribution in [2.75, 3.05) is 31.5 Å². The number of rotatable bonds is 5. The van der Waals surface area contributed by atoms with Crippen molar-refractivity contribution in [2.24, 2.45) is 11.7 Å². The fourth-order valence-electron chi connectivity index (χ4n) is 4.46. The number of anilines is 1. The zero-order chi connectivity index (χ0) is 17.9. The lowest BCUT2D eigenvalue weighted by Crippen LogP contribution is -2.32. The van der Waals surface area contributed by atoms with E-state index < -0.39 is 0 Å². The first-order valence-electron chi connectivity index (χ1n) is 9.62. The third-order valence-corrected chi connectivity index (χ3v) is 5.80. The summed E-state index contributed by atoms with van der Waals surface area (Å²) in [5.74, 6) is 0.881. The molecule has 0 radical (unpaired) electrons. The molecule has 1 heterocycles. The van der Waals surface area contributed by atoms with Crippen molar-refractivity contribution >= 4 is 11.6 Å². The number of likely N-dealkylation sites (tertiary alicyclic amines) is 1. The van der Waals surface area contributed by atoms with Gasteiger partial charge in [0.2, 0.25) is 5.91 Å². The summed E-state index contributed by atoms with van der Waals surface area (Å²) in [6.45, 7) is 2.86. The quantitative estimate of drug-likeness (QED) is 0.873. The van der Waals surface area contributed by atoms with Gasteiger partial charge < -0.3 is 11.1 Å². The molecular weight excluding hydrogens is 322 g/mol. The smallest absolute Gasteiger partial charge is 0.238 e. The molecule has 3 N–H and O–H groups in total. The number of hydrogen-bond acceptors (Lipinski definition) is 3. The summed E-state index contributed by atoms with van der Waals surface area (Å²) in [6, 6.07) is 16.9. The second-order valence-corrected chi connectivity index (χ2v) is 7.59. The summed E-state index contributed by atoms with van der Waals surface area (Å²) < 4.78 is 0. The molecule has 0 aromatic heterocycles. The van der Waals surface area contributed by atoms with Crippen LogP contribution in [0.25, 0.3) is 0 Å². The van der Waals surface area contributed by atoms with E-state index in [0.717, 1.165) is 25.2 Å². The fourth-order valence-corrected chi connectivity index (χ4v) is 4.46. The van der Waals surface area contributed by atoms with Gasteiger partial charge in [-0.2, -0.15) is 0 Å². The number of aryl methyl sites for hydroxylation is 2. The number of hydrogen-bond donors (Lipinski definition) is 2. The van der Waals surface area contributed by atoms with E-state index in [1.54, 1.807) is 0 Å². The minimum absolute atomic E-state index is 0.0624. The lowest BCUT2D eigenvalue weighted by atomic mass is 9.89. The average molecular weight is 349 g/mol. The number of nitrogens with zero attached hydrogens (tertiary/aromatic N) is 1. The predicted molar refractivity (Wildman–Crippen MR) is 105 cm³/mol. The molecule has 0 saturated carbocycles. The molecule has 1 saturated heterocycles. The standard InChI is InChI=1S/C22H27N3O/c23-12-19-13-25(14-21(19)17-5-2-1-3-6-17)15-22(26)24-20-10-9-16-7-4-8-18(16)11-20/h1-3,5-6,9-11,19,21H,4,7-8,12-15,23H2,(H,24,26)/t19-,21+/m1/s1. The van der Waals surface area contributed by atoms with E-state index in [1.807, 2.05) is 12.1 Å². The minimum atomic E-state index is 0.0624. The Kier molecular flexibility index (Phi) is 5.05. The maximum Gasteiger partial charge on any atom is 0.238 e. The van der Waals surface area contributed by atoms with Crippen molar-refractivity contribution in [3.8, 4) is 0 Å². The van der Waals surface area contributed by atoms with Gasteiger partial charge in [0.1, 0.15) is 0 Å². The number of nitrogens with one attached hydrogen (secondary N) is 1. The van der Waals surface area contributed by atoms with Gasteiger partial charge in [-0.3, -0.25) is 9.69 Å². The van der Waals surface area contributed by atoms with Gasteiger partial charge in [-0.1, -0.05) is 36.4 Å². The van der Waals surface area contributed by atoms with Gasteiger partial charge in [0.25, 0.3) is 0 Å². The van der Waals surface area contributed by atoms with Crippen LogP contribution in [-0.2, 0) is 17.6 Å². The third-order valence-electron chi connectivity index (χ3n) is 5.80. The summed E-state index contributed by atoms with van der Waals surface area (Å²) in [7, 11) is 0. The molecule has 0 spiro atoms. The van der Waals surface area contributed by atoms with Gasteiger partial charge in [-0.05, 0) is 60.5 Å². The van der Waals surface area contributed by atoms with E-state index in [2.05, 4.69) is 46.6 Å². The van der Waals surface area contributed by atoms with E-state index in [0.29, 0.717) is 24.9 Å². The SMILES string of the molecule is NC[C@@H]1CN(CC(=O)Nc2ccc3c(c2)CCC3)C[C@H]1c1ccccc1. The Balaban J connectivity index is 1.37. The van der Waals surface area contributed by atoms with Crippen molar-refractivity contribution in [1.29, 1.82) is 0 Å². The average Bonchev–Trinajstić information content (AvgIpc) is 3.28. The molecule has 4 heteroatoms. The molecule has 2 aromatic rings. The highest BCUT2D eigenvalue weighted by Gasteiger charge is 2.33. The number of carbonyl (C=O) groups is 1. The molecule has 1 aliphatic carbocycles. The summed E-state index contributed by atoms with van der Waals surface area (Å²) in [5.41, 5.74) is 11.1. The van der Waals surface area contributed by atoms with Crippen LogP contribution < -0.4 is 11.1 Å². The Morgan fingerprint density at radius 2 is 1.88 bits per heavy atom. The Labute approximate surface area is 155 Å². The fraction of sp³-hybridized carbons (Fsp3) is 0.409. The lowest BCUT2D eigenvalue weighted by molar-refractivity contribution is -0.117. The van der Waals surface area contributed by atoms with E-state index in [4.69, 9.17) is 5.73 Å². The topological polar surface area (TPSA) is 58.4 Å². The molecule has 0 unspecified atom stereocenters. The molecule has 4 nitrogen and oxygen atoms in total. The highest BCUT2D eigenvalue weighted by molar-refractivity contribution is 5.92. The molecule has 2 aliphatic rings. The summed E-state index contributed by atoms with van der Waals surface area (Å²) in [5, 5.41) is 3.07. The third kappa shape index (κ3) is 3.67. The monoisotopic (exact) mass is 349 g/mol. The highest BCUT2D eigenvalue weighted by Crippen LogP contribution is 2.32. The molecule has 0 bridgehead atoms. The van der Waals surface area contributed by atoms with Crippen LogP contribution in [0.1, 0.15) is 29.0 Å². The predicted octanol–water partition coefficient (Wildman–Crippen LogP) is 2.79. The summed E-state index contributed by atoms with van der Waals surface area (Å²) in [4.78, 5) is 14.8. The molecule has 136 valence electrons. The van der Waals surface area contributed by atoms with Crippen LogP contribution in [0, 0.1) is 5.92 Å². The van der Waals surface area contributed by atoms with Gasteiger partial charge in [0.05, 0.1) is 6.54 Å². The lowest BCUT2D eigenvalue weighted by Gasteiger charge is -2.17. The minimum Gasteiger partial charge on any atom is -0.330 e. The van der Waals surface area contributed by atoms with Gasteiger partial charge in [0.15, 0.2) is 0 Å². The number of amides is 1.